The third-order valence-corrected chi connectivity index (χ3v) is 4.96. The molecule has 1 saturated carbocycles. The van der Waals surface area contributed by atoms with Crippen LogP contribution in [0.5, 0.6) is 0 Å². The first kappa shape index (κ1) is 16.0. The summed E-state index contributed by atoms with van der Waals surface area (Å²) in [5.74, 6) is 0.698. The molecule has 2 amide bonds. The number of hydrogen-bond donors (Lipinski definition) is 1. The summed E-state index contributed by atoms with van der Waals surface area (Å²) in [7, 11) is 1.88. The zero-order valence-electron chi connectivity index (χ0n) is 14.0. The maximum atomic E-state index is 12.5. The van der Waals surface area contributed by atoms with Crippen molar-refractivity contribution in [1.29, 1.82) is 0 Å². The molecular weight excluding hydrogens is 292 g/mol. The number of aromatic nitrogens is 2. The Hall–Kier alpha value is -1.85. The molecule has 0 spiro atoms. The summed E-state index contributed by atoms with van der Waals surface area (Å²) in [5.41, 5.74) is 1.05. The Morgan fingerprint density at radius 1 is 1.26 bits per heavy atom. The SMILES string of the molecule is CCC(NC(=O)C1CCN(C(=O)C2CC2)CC1)c1cnn(C)c1. The minimum atomic E-state index is 0.0160. The first-order valence-corrected chi connectivity index (χ1v) is 8.66. The highest BCUT2D eigenvalue weighted by Crippen LogP contribution is 2.32. The first-order chi connectivity index (χ1) is 11.1. The molecule has 1 aliphatic heterocycles. The van der Waals surface area contributed by atoms with Gasteiger partial charge in [-0.25, -0.2) is 0 Å². The van der Waals surface area contributed by atoms with Gasteiger partial charge in [0, 0.05) is 43.7 Å². The van der Waals surface area contributed by atoms with E-state index in [4.69, 9.17) is 0 Å². The van der Waals surface area contributed by atoms with Crippen LogP contribution in [-0.4, -0.2) is 39.6 Å². The monoisotopic (exact) mass is 318 g/mol. The number of amides is 2. The minimum absolute atomic E-state index is 0.0160. The molecule has 0 radical (unpaired) electrons. The molecule has 6 heteroatoms. The fraction of sp³-hybridized carbons (Fsp3) is 0.706. The molecule has 1 aromatic rings. The third kappa shape index (κ3) is 3.74. The van der Waals surface area contributed by atoms with E-state index in [1.165, 1.54) is 0 Å². The average molecular weight is 318 g/mol. The molecule has 2 fully saturated rings. The van der Waals surface area contributed by atoms with Crippen molar-refractivity contribution in [3.05, 3.63) is 18.0 Å². The van der Waals surface area contributed by atoms with Crippen LogP contribution in [0.25, 0.3) is 0 Å². The van der Waals surface area contributed by atoms with Crippen LogP contribution < -0.4 is 5.32 Å². The molecular formula is C17H26N4O2. The van der Waals surface area contributed by atoms with Crippen LogP contribution in [0.1, 0.15) is 50.6 Å². The first-order valence-electron chi connectivity index (χ1n) is 8.66. The summed E-state index contributed by atoms with van der Waals surface area (Å²) in [4.78, 5) is 26.5. The lowest BCUT2D eigenvalue weighted by Crippen LogP contribution is -2.44. The van der Waals surface area contributed by atoms with Gasteiger partial charge in [-0.05, 0) is 32.1 Å². The fourth-order valence-corrected chi connectivity index (χ4v) is 3.28. The Morgan fingerprint density at radius 3 is 2.48 bits per heavy atom. The minimum Gasteiger partial charge on any atom is -0.349 e. The standard InChI is InChI=1S/C17H26N4O2/c1-3-15(14-10-18-20(2)11-14)19-16(22)12-6-8-21(9-7-12)17(23)13-4-5-13/h10-13,15H,3-9H2,1-2H3,(H,19,22). The van der Waals surface area contributed by atoms with Gasteiger partial charge >= 0.3 is 0 Å². The van der Waals surface area contributed by atoms with E-state index < -0.39 is 0 Å². The van der Waals surface area contributed by atoms with Crippen molar-refractivity contribution < 1.29 is 9.59 Å². The van der Waals surface area contributed by atoms with Gasteiger partial charge in [-0.1, -0.05) is 6.92 Å². The second-order valence-electron chi connectivity index (χ2n) is 6.79. The Bertz CT molecular complexity index is 571. The van der Waals surface area contributed by atoms with Gasteiger partial charge in [0.15, 0.2) is 0 Å². The van der Waals surface area contributed by atoms with Crippen LogP contribution in [-0.2, 0) is 16.6 Å². The number of carbonyl (C=O) groups excluding carboxylic acids is 2. The molecule has 2 heterocycles. The van der Waals surface area contributed by atoms with E-state index in [-0.39, 0.29) is 23.8 Å². The molecule has 2 aliphatic rings. The van der Waals surface area contributed by atoms with Crippen molar-refractivity contribution in [2.24, 2.45) is 18.9 Å². The van der Waals surface area contributed by atoms with E-state index in [9.17, 15) is 9.59 Å². The molecule has 23 heavy (non-hydrogen) atoms. The molecule has 3 rings (SSSR count). The highest BCUT2D eigenvalue weighted by atomic mass is 16.2. The second-order valence-corrected chi connectivity index (χ2v) is 6.79. The second kappa shape index (κ2) is 6.72. The summed E-state index contributed by atoms with van der Waals surface area (Å²) in [6.45, 7) is 3.50. The lowest BCUT2D eigenvalue weighted by Gasteiger charge is -2.32. The highest BCUT2D eigenvalue weighted by Gasteiger charge is 2.36. The third-order valence-electron chi connectivity index (χ3n) is 4.96. The summed E-state index contributed by atoms with van der Waals surface area (Å²) >= 11 is 0. The zero-order chi connectivity index (χ0) is 16.4. The normalized spacial score (nSPS) is 20.3. The van der Waals surface area contributed by atoms with E-state index in [2.05, 4.69) is 17.3 Å². The molecule has 1 unspecified atom stereocenters. The molecule has 6 nitrogen and oxygen atoms in total. The lowest BCUT2D eigenvalue weighted by atomic mass is 9.94. The molecule has 1 atom stereocenters. The molecule has 1 aliphatic carbocycles. The maximum Gasteiger partial charge on any atom is 0.225 e. The molecule has 126 valence electrons. The van der Waals surface area contributed by atoms with Crippen LogP contribution in [0.3, 0.4) is 0 Å². The van der Waals surface area contributed by atoms with Crippen LogP contribution >= 0.6 is 0 Å². The van der Waals surface area contributed by atoms with Gasteiger partial charge < -0.3 is 10.2 Å². The molecule has 0 aromatic carbocycles. The smallest absolute Gasteiger partial charge is 0.225 e. The van der Waals surface area contributed by atoms with E-state index in [1.54, 1.807) is 4.68 Å². The highest BCUT2D eigenvalue weighted by molar-refractivity contribution is 5.82. The van der Waals surface area contributed by atoms with Crippen LogP contribution in [0.15, 0.2) is 12.4 Å². The summed E-state index contributed by atoms with van der Waals surface area (Å²) in [6, 6.07) is 0.0160. The Labute approximate surface area is 137 Å². The quantitative estimate of drug-likeness (QED) is 0.897. The Balaban J connectivity index is 1.51. The van der Waals surface area contributed by atoms with Gasteiger partial charge in [-0.2, -0.15) is 5.10 Å². The van der Waals surface area contributed by atoms with Gasteiger partial charge in [-0.3, -0.25) is 14.3 Å². The Morgan fingerprint density at radius 2 is 1.96 bits per heavy atom. The summed E-state index contributed by atoms with van der Waals surface area (Å²) in [5, 5.41) is 7.33. The summed E-state index contributed by atoms with van der Waals surface area (Å²) in [6.07, 6.45) is 8.24. The van der Waals surface area contributed by atoms with Crippen molar-refractivity contribution in [3.8, 4) is 0 Å². The largest absolute Gasteiger partial charge is 0.349 e. The van der Waals surface area contributed by atoms with Gasteiger partial charge in [0.05, 0.1) is 12.2 Å². The number of aryl methyl sites for hydroxylation is 1. The van der Waals surface area contributed by atoms with Crippen molar-refractivity contribution in [3.63, 3.8) is 0 Å². The molecule has 1 N–H and O–H groups in total. The van der Waals surface area contributed by atoms with Crippen molar-refractivity contribution in [2.75, 3.05) is 13.1 Å². The van der Waals surface area contributed by atoms with Crippen LogP contribution in [0.2, 0.25) is 0 Å². The molecule has 1 aromatic heterocycles. The van der Waals surface area contributed by atoms with Gasteiger partial charge in [0.1, 0.15) is 0 Å². The predicted molar refractivity (Wildman–Crippen MR) is 86.4 cm³/mol. The topological polar surface area (TPSA) is 67.2 Å². The number of rotatable bonds is 5. The average Bonchev–Trinajstić information content (AvgIpc) is 3.33. The van der Waals surface area contributed by atoms with Crippen molar-refractivity contribution >= 4 is 11.8 Å². The number of nitrogens with zero attached hydrogens (tertiary/aromatic N) is 3. The number of piperidine rings is 1. The molecule has 0 bridgehead atoms. The number of hydrogen-bond acceptors (Lipinski definition) is 3. The zero-order valence-corrected chi connectivity index (χ0v) is 14.0. The Kier molecular flexibility index (Phi) is 4.68. The van der Waals surface area contributed by atoms with E-state index in [0.717, 1.165) is 50.8 Å². The van der Waals surface area contributed by atoms with E-state index >= 15 is 0 Å². The van der Waals surface area contributed by atoms with E-state index in [1.807, 2.05) is 24.3 Å². The van der Waals surface area contributed by atoms with Gasteiger partial charge in [0.2, 0.25) is 11.8 Å². The summed E-state index contributed by atoms with van der Waals surface area (Å²) < 4.78 is 1.76. The van der Waals surface area contributed by atoms with Crippen LogP contribution in [0.4, 0.5) is 0 Å². The lowest BCUT2D eigenvalue weighted by molar-refractivity contribution is -0.136. The number of likely N-dealkylation sites (tertiary alicyclic amines) is 1. The fourth-order valence-electron chi connectivity index (χ4n) is 3.28. The number of nitrogens with one attached hydrogen (secondary N) is 1. The maximum absolute atomic E-state index is 12.5. The molecule has 1 saturated heterocycles. The predicted octanol–water partition coefficient (Wildman–Crippen LogP) is 1.64. The number of carbonyl (C=O) groups is 2. The van der Waals surface area contributed by atoms with Crippen LogP contribution in [0, 0.1) is 11.8 Å². The van der Waals surface area contributed by atoms with E-state index in [0.29, 0.717) is 5.91 Å². The van der Waals surface area contributed by atoms with Crippen molar-refractivity contribution in [1.82, 2.24) is 20.0 Å². The van der Waals surface area contributed by atoms with Gasteiger partial charge in [0.25, 0.3) is 0 Å². The van der Waals surface area contributed by atoms with Crippen molar-refractivity contribution in [2.45, 2.75) is 45.1 Å². The van der Waals surface area contributed by atoms with Gasteiger partial charge in [-0.15, -0.1) is 0 Å².